The van der Waals surface area contributed by atoms with Crippen molar-refractivity contribution in [3.05, 3.63) is 73.0 Å². The molecule has 1 atom stereocenters. The van der Waals surface area contributed by atoms with Crippen molar-refractivity contribution in [3.8, 4) is 11.3 Å². The van der Waals surface area contributed by atoms with Gasteiger partial charge in [-0.25, -0.2) is 9.97 Å². The first kappa shape index (κ1) is 17.4. The van der Waals surface area contributed by atoms with Crippen LogP contribution in [-0.2, 0) is 0 Å². The minimum Gasteiger partial charge on any atom is -0.464 e. The number of fused-ring (bicyclic) bond motifs is 1. The van der Waals surface area contributed by atoms with Crippen molar-refractivity contribution in [2.75, 3.05) is 18.0 Å². The van der Waals surface area contributed by atoms with Crippen LogP contribution in [0.15, 0.2) is 71.9 Å². The normalized spacial score (nSPS) is 16.3. The average Bonchev–Trinajstić information content (AvgIpc) is 3.44. The Bertz CT molecular complexity index is 1140. The topological polar surface area (TPSA) is 84.2 Å². The number of carbonyl (C=O) groups excluding carboxylic acids is 1. The zero-order chi connectivity index (χ0) is 19.6. The number of hydrogen-bond donors (Lipinski definition) is 1. The predicted octanol–water partition coefficient (Wildman–Crippen LogP) is 3.29. The summed E-state index contributed by atoms with van der Waals surface area (Å²) in [5.41, 5.74) is 3.23. The molecular weight excluding hydrogens is 366 g/mol. The highest BCUT2D eigenvalue weighted by molar-refractivity contribution is 5.96. The number of benzene rings is 1. The van der Waals surface area contributed by atoms with Gasteiger partial charge in [-0.2, -0.15) is 0 Å². The van der Waals surface area contributed by atoms with E-state index >= 15 is 0 Å². The lowest BCUT2D eigenvalue weighted by Gasteiger charge is -2.17. The summed E-state index contributed by atoms with van der Waals surface area (Å²) in [6.07, 6.45) is 7.55. The molecule has 7 nitrogen and oxygen atoms in total. The van der Waals surface area contributed by atoms with Gasteiger partial charge in [-0.3, -0.25) is 9.78 Å². The van der Waals surface area contributed by atoms with Crippen LogP contribution < -0.4 is 10.2 Å². The molecular formula is C22H19N5O2. The smallest absolute Gasteiger partial charge is 0.251 e. The summed E-state index contributed by atoms with van der Waals surface area (Å²) in [5, 5.41) is 4.08. The van der Waals surface area contributed by atoms with Crippen LogP contribution in [0.3, 0.4) is 0 Å². The predicted molar refractivity (Wildman–Crippen MR) is 110 cm³/mol. The summed E-state index contributed by atoms with van der Waals surface area (Å²) in [7, 11) is 0. The Balaban J connectivity index is 1.27. The molecule has 1 aliphatic heterocycles. The molecule has 1 amide bonds. The van der Waals surface area contributed by atoms with Crippen LogP contribution in [0.1, 0.15) is 16.8 Å². The lowest BCUT2D eigenvalue weighted by Crippen LogP contribution is -2.37. The first-order valence-corrected chi connectivity index (χ1v) is 9.52. The monoisotopic (exact) mass is 385 g/mol. The average molecular weight is 385 g/mol. The molecule has 0 bridgehead atoms. The summed E-state index contributed by atoms with van der Waals surface area (Å²) in [5.74, 6) is 0.822. The Morgan fingerprint density at radius 2 is 1.97 bits per heavy atom. The molecule has 1 N–H and O–H groups in total. The van der Waals surface area contributed by atoms with E-state index in [2.05, 4.69) is 25.2 Å². The zero-order valence-electron chi connectivity index (χ0n) is 15.7. The van der Waals surface area contributed by atoms with E-state index in [-0.39, 0.29) is 11.9 Å². The molecule has 0 unspecified atom stereocenters. The van der Waals surface area contributed by atoms with Crippen LogP contribution >= 0.6 is 0 Å². The summed E-state index contributed by atoms with van der Waals surface area (Å²) in [6.45, 7) is 1.61. The van der Waals surface area contributed by atoms with Gasteiger partial charge in [0.1, 0.15) is 17.7 Å². The van der Waals surface area contributed by atoms with Crippen molar-refractivity contribution in [1.29, 1.82) is 0 Å². The Morgan fingerprint density at radius 1 is 1.07 bits per heavy atom. The molecule has 0 radical (unpaired) electrons. The quantitative estimate of drug-likeness (QED) is 0.580. The largest absolute Gasteiger partial charge is 0.464 e. The number of carbonyl (C=O) groups is 1. The molecule has 1 aliphatic rings. The maximum Gasteiger partial charge on any atom is 0.251 e. The number of rotatable bonds is 4. The third-order valence-corrected chi connectivity index (χ3v) is 5.21. The van der Waals surface area contributed by atoms with Gasteiger partial charge in [0.25, 0.3) is 5.91 Å². The van der Waals surface area contributed by atoms with Gasteiger partial charge in [0.15, 0.2) is 0 Å². The number of hydrogen-bond acceptors (Lipinski definition) is 6. The second-order valence-electron chi connectivity index (χ2n) is 7.04. The molecule has 3 aromatic heterocycles. The number of nitrogens with one attached hydrogen (secondary N) is 1. The lowest BCUT2D eigenvalue weighted by molar-refractivity contribution is 0.0940. The molecule has 0 spiro atoms. The van der Waals surface area contributed by atoms with Gasteiger partial charge in [0, 0.05) is 48.0 Å². The molecule has 0 saturated carbocycles. The highest BCUT2D eigenvalue weighted by atomic mass is 16.3. The fourth-order valence-corrected chi connectivity index (χ4v) is 3.73. The van der Waals surface area contributed by atoms with E-state index in [9.17, 15) is 4.79 Å². The van der Waals surface area contributed by atoms with Crippen LogP contribution in [0.2, 0.25) is 0 Å². The maximum atomic E-state index is 12.7. The number of amides is 1. The summed E-state index contributed by atoms with van der Waals surface area (Å²) >= 11 is 0. The maximum absolute atomic E-state index is 12.7. The second-order valence-corrected chi connectivity index (χ2v) is 7.04. The van der Waals surface area contributed by atoms with Gasteiger partial charge in [-0.15, -0.1) is 0 Å². The van der Waals surface area contributed by atoms with Crippen molar-refractivity contribution < 1.29 is 9.21 Å². The Morgan fingerprint density at radius 3 is 2.79 bits per heavy atom. The minimum atomic E-state index is -0.0689. The highest BCUT2D eigenvalue weighted by Gasteiger charge is 2.25. The number of anilines is 1. The van der Waals surface area contributed by atoms with Gasteiger partial charge in [0.05, 0.1) is 12.0 Å². The van der Waals surface area contributed by atoms with Gasteiger partial charge >= 0.3 is 0 Å². The molecule has 1 aromatic carbocycles. The van der Waals surface area contributed by atoms with Crippen LogP contribution in [-0.4, -0.2) is 40.0 Å². The lowest BCUT2D eigenvalue weighted by atomic mass is 10.1. The summed E-state index contributed by atoms with van der Waals surface area (Å²) in [4.78, 5) is 27.5. The van der Waals surface area contributed by atoms with Gasteiger partial charge in [-0.05, 0) is 36.8 Å². The van der Waals surface area contributed by atoms with Gasteiger partial charge < -0.3 is 14.6 Å². The van der Waals surface area contributed by atoms with Crippen molar-refractivity contribution in [1.82, 2.24) is 20.3 Å². The Hall–Kier alpha value is -3.74. The summed E-state index contributed by atoms with van der Waals surface area (Å²) in [6, 6.07) is 13.2. The van der Waals surface area contributed by atoms with Crippen LogP contribution in [0.5, 0.6) is 0 Å². The zero-order valence-corrected chi connectivity index (χ0v) is 15.7. The SMILES string of the molecule is O=C(N[C@H]1CCN(c2ccncn2)C1)c1ccc(-c2nccc3occc23)cc1. The second kappa shape index (κ2) is 7.35. The van der Waals surface area contributed by atoms with E-state index < -0.39 is 0 Å². The molecule has 4 aromatic rings. The first-order valence-electron chi connectivity index (χ1n) is 9.52. The molecule has 4 heterocycles. The molecule has 144 valence electrons. The van der Waals surface area contributed by atoms with E-state index in [1.54, 1.807) is 25.0 Å². The highest BCUT2D eigenvalue weighted by Crippen LogP contribution is 2.27. The standard InChI is InChI=1S/C22H19N5O2/c28-22(26-17-7-11-27(13-17)20-6-9-23-14-25-20)16-3-1-15(2-4-16)21-18-8-12-29-19(18)5-10-24-21/h1-6,8-10,12,14,17H,7,11,13H2,(H,26,28)/t17-/m0/s1. The van der Waals surface area contributed by atoms with Crippen molar-refractivity contribution in [2.24, 2.45) is 0 Å². The van der Waals surface area contributed by atoms with E-state index in [4.69, 9.17) is 4.42 Å². The van der Waals surface area contributed by atoms with E-state index in [1.165, 1.54) is 0 Å². The molecule has 7 heteroatoms. The van der Waals surface area contributed by atoms with E-state index in [0.29, 0.717) is 5.56 Å². The van der Waals surface area contributed by atoms with Crippen LogP contribution in [0, 0.1) is 0 Å². The summed E-state index contributed by atoms with van der Waals surface area (Å²) < 4.78 is 5.44. The van der Waals surface area contributed by atoms with Crippen molar-refractivity contribution >= 4 is 22.7 Å². The third kappa shape index (κ3) is 3.42. The van der Waals surface area contributed by atoms with Crippen molar-refractivity contribution in [2.45, 2.75) is 12.5 Å². The number of pyridine rings is 1. The van der Waals surface area contributed by atoms with E-state index in [0.717, 1.165) is 47.6 Å². The van der Waals surface area contributed by atoms with Crippen molar-refractivity contribution in [3.63, 3.8) is 0 Å². The van der Waals surface area contributed by atoms with Crippen LogP contribution in [0.25, 0.3) is 22.2 Å². The number of nitrogens with zero attached hydrogens (tertiary/aromatic N) is 4. The van der Waals surface area contributed by atoms with Gasteiger partial charge in [-0.1, -0.05) is 12.1 Å². The Kier molecular flexibility index (Phi) is 4.40. The fourth-order valence-electron chi connectivity index (χ4n) is 3.73. The van der Waals surface area contributed by atoms with Gasteiger partial charge in [0.2, 0.25) is 0 Å². The Labute approximate surface area is 167 Å². The number of furan rings is 1. The molecule has 5 rings (SSSR count). The first-order chi connectivity index (χ1) is 14.3. The van der Waals surface area contributed by atoms with Crippen LogP contribution in [0.4, 0.5) is 5.82 Å². The minimum absolute atomic E-state index is 0.0689. The molecule has 29 heavy (non-hydrogen) atoms. The molecule has 0 aliphatic carbocycles. The molecule has 1 saturated heterocycles. The molecule has 1 fully saturated rings. The fraction of sp³-hybridized carbons (Fsp3) is 0.182. The number of aromatic nitrogens is 3. The van der Waals surface area contributed by atoms with E-state index in [1.807, 2.05) is 42.5 Å². The third-order valence-electron chi connectivity index (χ3n) is 5.21.